The minimum absolute atomic E-state index is 0.0680. The Morgan fingerprint density at radius 3 is 2.56 bits per heavy atom. The topological polar surface area (TPSA) is 32.3 Å². The standard InChI is InChI=1S/C21H25FN2O/c1-15-7-10-17(11-8-15)20-6-4-3-5-13-24(20)21(25)23-18-12-9-16(2)19(22)14-18/h7-12,14,20H,3-6,13H2,1-2H3,(H,23,25)/t20-/m1/s1. The first-order valence-electron chi connectivity index (χ1n) is 8.95. The highest BCUT2D eigenvalue weighted by atomic mass is 19.1. The number of rotatable bonds is 2. The van der Waals surface area contributed by atoms with Gasteiger partial charge in [0.1, 0.15) is 5.82 Å². The maximum Gasteiger partial charge on any atom is 0.322 e. The van der Waals surface area contributed by atoms with Crippen molar-refractivity contribution in [3.05, 3.63) is 65.0 Å². The van der Waals surface area contributed by atoms with Gasteiger partial charge in [0.25, 0.3) is 0 Å². The molecule has 25 heavy (non-hydrogen) atoms. The normalized spacial score (nSPS) is 17.9. The third kappa shape index (κ3) is 4.19. The smallest absolute Gasteiger partial charge is 0.317 e. The molecular formula is C21H25FN2O. The van der Waals surface area contributed by atoms with E-state index >= 15 is 0 Å². The summed E-state index contributed by atoms with van der Waals surface area (Å²) in [6.45, 7) is 4.50. The summed E-state index contributed by atoms with van der Waals surface area (Å²) in [6, 6.07) is 13.1. The second kappa shape index (κ2) is 7.68. The second-order valence-electron chi connectivity index (χ2n) is 6.86. The molecule has 2 aromatic carbocycles. The van der Waals surface area contributed by atoms with Crippen LogP contribution in [-0.4, -0.2) is 17.5 Å². The van der Waals surface area contributed by atoms with Gasteiger partial charge < -0.3 is 10.2 Å². The van der Waals surface area contributed by atoms with Crippen molar-refractivity contribution in [1.29, 1.82) is 0 Å². The van der Waals surface area contributed by atoms with Gasteiger partial charge in [-0.3, -0.25) is 0 Å². The Bertz CT molecular complexity index is 742. The van der Waals surface area contributed by atoms with Crippen LogP contribution in [0.15, 0.2) is 42.5 Å². The van der Waals surface area contributed by atoms with E-state index in [2.05, 4.69) is 36.5 Å². The fourth-order valence-corrected chi connectivity index (χ4v) is 3.35. The fraction of sp³-hybridized carbons (Fsp3) is 0.381. The number of benzene rings is 2. The van der Waals surface area contributed by atoms with Crippen molar-refractivity contribution in [2.45, 2.75) is 45.6 Å². The molecule has 0 aromatic heterocycles. The number of urea groups is 1. The van der Waals surface area contributed by atoms with Crippen LogP contribution in [0.3, 0.4) is 0 Å². The SMILES string of the molecule is Cc1ccc([C@H]2CCCCCN2C(=O)Nc2ccc(C)c(F)c2)cc1. The van der Waals surface area contributed by atoms with E-state index in [0.717, 1.165) is 37.8 Å². The number of likely N-dealkylation sites (tertiary alicyclic amines) is 1. The van der Waals surface area contributed by atoms with E-state index in [1.54, 1.807) is 19.1 Å². The van der Waals surface area contributed by atoms with Gasteiger partial charge in [0.2, 0.25) is 0 Å². The predicted molar refractivity (Wildman–Crippen MR) is 99.2 cm³/mol. The van der Waals surface area contributed by atoms with Gasteiger partial charge in [-0.05, 0) is 49.9 Å². The molecule has 1 aliphatic heterocycles. The largest absolute Gasteiger partial charge is 0.322 e. The molecule has 0 unspecified atom stereocenters. The molecule has 1 atom stereocenters. The summed E-state index contributed by atoms with van der Waals surface area (Å²) in [5.41, 5.74) is 3.45. The Kier molecular flexibility index (Phi) is 5.37. The molecule has 1 aliphatic rings. The van der Waals surface area contributed by atoms with Crippen molar-refractivity contribution in [3.8, 4) is 0 Å². The fourth-order valence-electron chi connectivity index (χ4n) is 3.35. The number of nitrogens with one attached hydrogen (secondary N) is 1. The molecule has 1 fully saturated rings. The third-order valence-corrected chi connectivity index (χ3v) is 4.90. The molecule has 1 N–H and O–H groups in total. The number of amides is 2. The van der Waals surface area contributed by atoms with E-state index < -0.39 is 0 Å². The lowest BCUT2D eigenvalue weighted by molar-refractivity contribution is 0.189. The van der Waals surface area contributed by atoms with Crippen LogP contribution < -0.4 is 5.32 Å². The van der Waals surface area contributed by atoms with Crippen LogP contribution in [0.4, 0.5) is 14.9 Å². The Labute approximate surface area is 148 Å². The number of anilines is 1. The first-order valence-corrected chi connectivity index (χ1v) is 8.95. The zero-order valence-electron chi connectivity index (χ0n) is 14.9. The third-order valence-electron chi connectivity index (χ3n) is 4.90. The maximum absolute atomic E-state index is 13.8. The number of halogens is 1. The molecular weight excluding hydrogens is 315 g/mol. The van der Waals surface area contributed by atoms with Crippen molar-refractivity contribution < 1.29 is 9.18 Å². The van der Waals surface area contributed by atoms with Gasteiger partial charge >= 0.3 is 6.03 Å². The highest BCUT2D eigenvalue weighted by Gasteiger charge is 2.26. The predicted octanol–water partition coefficient (Wildman–Crippen LogP) is 5.59. The summed E-state index contributed by atoms with van der Waals surface area (Å²) in [5.74, 6) is -0.302. The Hall–Kier alpha value is -2.36. The van der Waals surface area contributed by atoms with Gasteiger partial charge in [0.05, 0.1) is 6.04 Å². The van der Waals surface area contributed by atoms with E-state index in [1.165, 1.54) is 11.6 Å². The van der Waals surface area contributed by atoms with E-state index in [-0.39, 0.29) is 17.9 Å². The van der Waals surface area contributed by atoms with Crippen LogP contribution in [0.5, 0.6) is 0 Å². The number of carbonyl (C=O) groups excluding carboxylic acids is 1. The summed E-state index contributed by atoms with van der Waals surface area (Å²) in [5, 5.41) is 2.87. The van der Waals surface area contributed by atoms with E-state index in [0.29, 0.717) is 11.3 Å². The Morgan fingerprint density at radius 2 is 1.84 bits per heavy atom. The molecule has 0 spiro atoms. The quantitative estimate of drug-likeness (QED) is 0.759. The minimum atomic E-state index is -0.302. The Balaban J connectivity index is 1.81. The van der Waals surface area contributed by atoms with Crippen molar-refractivity contribution in [3.63, 3.8) is 0 Å². The number of hydrogen-bond acceptors (Lipinski definition) is 1. The van der Waals surface area contributed by atoms with Crippen LogP contribution in [0.2, 0.25) is 0 Å². The van der Waals surface area contributed by atoms with Crippen LogP contribution in [0, 0.1) is 19.7 Å². The summed E-state index contributed by atoms with van der Waals surface area (Å²) < 4.78 is 13.8. The molecule has 3 nitrogen and oxygen atoms in total. The second-order valence-corrected chi connectivity index (χ2v) is 6.86. The monoisotopic (exact) mass is 340 g/mol. The van der Waals surface area contributed by atoms with Gasteiger partial charge in [0, 0.05) is 12.2 Å². The van der Waals surface area contributed by atoms with Crippen molar-refractivity contribution >= 4 is 11.7 Å². The zero-order chi connectivity index (χ0) is 17.8. The van der Waals surface area contributed by atoms with Gasteiger partial charge in [-0.15, -0.1) is 0 Å². The molecule has 4 heteroatoms. The van der Waals surface area contributed by atoms with Crippen LogP contribution in [0.1, 0.15) is 48.4 Å². The van der Waals surface area contributed by atoms with E-state index in [4.69, 9.17) is 0 Å². The molecule has 2 amide bonds. The first-order chi connectivity index (χ1) is 12.0. The van der Waals surface area contributed by atoms with E-state index in [9.17, 15) is 9.18 Å². The highest BCUT2D eigenvalue weighted by molar-refractivity contribution is 5.89. The molecule has 3 rings (SSSR count). The number of nitrogens with zero attached hydrogens (tertiary/aromatic N) is 1. The lowest BCUT2D eigenvalue weighted by Gasteiger charge is -2.30. The zero-order valence-corrected chi connectivity index (χ0v) is 14.9. The van der Waals surface area contributed by atoms with Gasteiger partial charge in [-0.2, -0.15) is 0 Å². The molecule has 2 aromatic rings. The van der Waals surface area contributed by atoms with Crippen LogP contribution in [-0.2, 0) is 0 Å². The summed E-state index contributed by atoms with van der Waals surface area (Å²) >= 11 is 0. The molecule has 0 aliphatic carbocycles. The summed E-state index contributed by atoms with van der Waals surface area (Å²) in [7, 11) is 0. The lowest BCUT2D eigenvalue weighted by atomic mass is 10.00. The van der Waals surface area contributed by atoms with Gasteiger partial charge in [-0.25, -0.2) is 9.18 Å². The van der Waals surface area contributed by atoms with Crippen LogP contribution in [0.25, 0.3) is 0 Å². The van der Waals surface area contributed by atoms with Crippen molar-refractivity contribution in [2.75, 3.05) is 11.9 Å². The molecule has 1 heterocycles. The number of hydrogen-bond donors (Lipinski definition) is 1. The maximum atomic E-state index is 13.8. The van der Waals surface area contributed by atoms with E-state index in [1.807, 2.05) is 4.90 Å². The molecule has 0 radical (unpaired) electrons. The van der Waals surface area contributed by atoms with Gasteiger partial charge in [-0.1, -0.05) is 48.7 Å². The molecule has 1 saturated heterocycles. The molecule has 132 valence electrons. The molecule has 0 saturated carbocycles. The van der Waals surface area contributed by atoms with Crippen molar-refractivity contribution in [2.24, 2.45) is 0 Å². The number of aryl methyl sites for hydroxylation is 2. The average molecular weight is 340 g/mol. The summed E-state index contributed by atoms with van der Waals surface area (Å²) in [6.07, 6.45) is 4.20. The number of carbonyl (C=O) groups is 1. The molecule has 0 bridgehead atoms. The average Bonchev–Trinajstić information content (AvgIpc) is 2.85. The van der Waals surface area contributed by atoms with Crippen LogP contribution >= 0.6 is 0 Å². The lowest BCUT2D eigenvalue weighted by Crippen LogP contribution is -2.38. The Morgan fingerprint density at radius 1 is 1.08 bits per heavy atom. The highest BCUT2D eigenvalue weighted by Crippen LogP contribution is 2.31. The summed E-state index contributed by atoms with van der Waals surface area (Å²) in [4.78, 5) is 14.8. The minimum Gasteiger partial charge on any atom is -0.317 e. The first kappa shape index (κ1) is 17.5. The van der Waals surface area contributed by atoms with Crippen molar-refractivity contribution in [1.82, 2.24) is 4.90 Å². The van der Waals surface area contributed by atoms with Gasteiger partial charge in [0.15, 0.2) is 0 Å².